The summed E-state index contributed by atoms with van der Waals surface area (Å²) in [5.74, 6) is 1.42. The number of carbonyl (C=O) groups excluding carboxylic acids is 1. The number of fused-ring (bicyclic) bond motifs is 3. The molecule has 8 heteroatoms. The third kappa shape index (κ3) is 4.77. The highest BCUT2D eigenvalue weighted by molar-refractivity contribution is 6.15. The van der Waals surface area contributed by atoms with Gasteiger partial charge in [0.2, 0.25) is 0 Å². The second kappa shape index (κ2) is 10.3. The van der Waals surface area contributed by atoms with Gasteiger partial charge in [-0.05, 0) is 63.7 Å². The number of rotatable bonds is 6. The summed E-state index contributed by atoms with van der Waals surface area (Å²) in [6, 6.07) is 11.8. The Bertz CT molecular complexity index is 1100. The molecule has 1 amide bonds. The Morgan fingerprint density at radius 3 is 2.65 bits per heavy atom. The minimum Gasteiger partial charge on any atom is -0.493 e. The molecule has 0 aliphatic carbocycles. The van der Waals surface area contributed by atoms with Gasteiger partial charge in [0.25, 0.3) is 5.91 Å². The Morgan fingerprint density at radius 2 is 1.97 bits per heavy atom. The summed E-state index contributed by atoms with van der Waals surface area (Å²) in [5.41, 5.74) is 4.62. The molecule has 1 fully saturated rings. The van der Waals surface area contributed by atoms with Gasteiger partial charge >= 0.3 is 0 Å². The molecule has 0 spiro atoms. The summed E-state index contributed by atoms with van der Waals surface area (Å²) in [5, 5.41) is 13.1. The molecule has 0 unspecified atom stereocenters. The number of methoxy groups -OCH3 is 1. The van der Waals surface area contributed by atoms with Crippen LogP contribution >= 0.6 is 0 Å². The lowest BCUT2D eigenvalue weighted by atomic mass is 9.79. The predicted molar refractivity (Wildman–Crippen MR) is 134 cm³/mol. The van der Waals surface area contributed by atoms with Gasteiger partial charge in [0.15, 0.2) is 17.5 Å². The van der Waals surface area contributed by atoms with E-state index in [1.54, 1.807) is 19.2 Å². The van der Waals surface area contributed by atoms with Crippen LogP contribution in [0.1, 0.15) is 53.2 Å². The molecule has 2 aliphatic rings. The average Bonchev–Trinajstić information content (AvgIpc) is 2.83. The van der Waals surface area contributed by atoms with Gasteiger partial charge in [-0.1, -0.05) is 12.1 Å². The largest absolute Gasteiger partial charge is 0.493 e. The first-order valence-electron chi connectivity index (χ1n) is 11.8. The highest BCUT2D eigenvalue weighted by Crippen LogP contribution is 2.42. The second-order valence-electron chi connectivity index (χ2n) is 8.66. The smallest absolute Gasteiger partial charge is 0.257 e. The maximum absolute atomic E-state index is 12.5. The van der Waals surface area contributed by atoms with Crippen molar-refractivity contribution in [2.75, 3.05) is 40.4 Å². The molecule has 4 rings (SSSR count). The monoisotopic (exact) mass is 463 g/mol. The molecule has 2 atom stereocenters. The SMILES string of the molecule is CCNC(=N)NC(=O)c1ccc(C2=N[C@@H]3CCN(C)C[C@@H]3c3cc(OCC)c(OC)cc32)cc1. The van der Waals surface area contributed by atoms with Crippen LogP contribution in [0, 0.1) is 5.41 Å². The van der Waals surface area contributed by atoms with Crippen LogP contribution < -0.4 is 20.1 Å². The second-order valence-corrected chi connectivity index (χ2v) is 8.66. The van der Waals surface area contributed by atoms with E-state index in [0.717, 1.165) is 42.1 Å². The van der Waals surface area contributed by atoms with E-state index >= 15 is 0 Å². The number of ether oxygens (including phenoxy) is 2. The molecule has 0 saturated carbocycles. The van der Waals surface area contributed by atoms with Crippen molar-refractivity contribution in [2.24, 2.45) is 4.99 Å². The maximum atomic E-state index is 12.5. The molecule has 3 N–H and O–H groups in total. The Morgan fingerprint density at radius 1 is 1.21 bits per heavy atom. The minimum absolute atomic E-state index is 0.00679. The summed E-state index contributed by atoms with van der Waals surface area (Å²) in [7, 11) is 3.81. The number of likely N-dealkylation sites (tertiary alicyclic amines) is 1. The fraction of sp³-hybridized carbons (Fsp3) is 0.423. The number of nitrogens with zero attached hydrogens (tertiary/aromatic N) is 2. The fourth-order valence-electron chi connectivity index (χ4n) is 4.73. The van der Waals surface area contributed by atoms with E-state index in [9.17, 15) is 4.79 Å². The molecule has 2 aromatic carbocycles. The third-order valence-electron chi connectivity index (χ3n) is 6.38. The van der Waals surface area contributed by atoms with E-state index in [2.05, 4.69) is 28.6 Å². The summed E-state index contributed by atoms with van der Waals surface area (Å²) in [6.07, 6.45) is 0.993. The molecular weight excluding hydrogens is 430 g/mol. The normalized spacial score (nSPS) is 19.4. The highest BCUT2D eigenvalue weighted by Gasteiger charge is 2.36. The summed E-state index contributed by atoms with van der Waals surface area (Å²) >= 11 is 0. The number of nitrogens with one attached hydrogen (secondary N) is 3. The number of piperidine rings is 1. The number of guanidine groups is 1. The van der Waals surface area contributed by atoms with Crippen molar-refractivity contribution < 1.29 is 14.3 Å². The van der Waals surface area contributed by atoms with Crippen molar-refractivity contribution in [3.05, 3.63) is 58.7 Å². The topological polar surface area (TPSA) is 99.0 Å². The summed E-state index contributed by atoms with van der Waals surface area (Å²) < 4.78 is 11.5. The lowest BCUT2D eigenvalue weighted by Crippen LogP contribution is -2.42. The molecule has 1 saturated heterocycles. The van der Waals surface area contributed by atoms with E-state index in [-0.39, 0.29) is 17.9 Å². The van der Waals surface area contributed by atoms with E-state index in [1.165, 1.54) is 5.56 Å². The van der Waals surface area contributed by atoms with Crippen molar-refractivity contribution in [1.29, 1.82) is 5.41 Å². The van der Waals surface area contributed by atoms with Gasteiger partial charge in [-0.15, -0.1) is 0 Å². The summed E-state index contributed by atoms with van der Waals surface area (Å²) in [4.78, 5) is 20.0. The zero-order valence-corrected chi connectivity index (χ0v) is 20.3. The molecule has 0 radical (unpaired) electrons. The Kier molecular flexibility index (Phi) is 7.17. The van der Waals surface area contributed by atoms with Crippen LogP contribution in [0.5, 0.6) is 11.5 Å². The van der Waals surface area contributed by atoms with Crippen LogP contribution in [-0.4, -0.2) is 68.9 Å². The van der Waals surface area contributed by atoms with Gasteiger partial charge in [0.1, 0.15) is 0 Å². The fourth-order valence-corrected chi connectivity index (χ4v) is 4.73. The lowest BCUT2D eigenvalue weighted by Gasteiger charge is -2.39. The van der Waals surface area contributed by atoms with Gasteiger partial charge in [-0.3, -0.25) is 20.5 Å². The molecule has 34 heavy (non-hydrogen) atoms. The third-order valence-corrected chi connectivity index (χ3v) is 6.38. The van der Waals surface area contributed by atoms with Gasteiger partial charge in [-0.25, -0.2) is 0 Å². The number of aliphatic imine (C=N–C) groups is 1. The van der Waals surface area contributed by atoms with Crippen molar-refractivity contribution in [3.8, 4) is 11.5 Å². The van der Waals surface area contributed by atoms with Crippen molar-refractivity contribution >= 4 is 17.6 Å². The zero-order chi connectivity index (χ0) is 24.2. The van der Waals surface area contributed by atoms with Crippen LogP contribution in [0.3, 0.4) is 0 Å². The molecule has 2 aliphatic heterocycles. The van der Waals surface area contributed by atoms with E-state index < -0.39 is 0 Å². The van der Waals surface area contributed by atoms with Crippen molar-refractivity contribution in [1.82, 2.24) is 15.5 Å². The predicted octanol–water partition coefficient (Wildman–Crippen LogP) is 3.01. The van der Waals surface area contributed by atoms with Crippen LogP contribution in [0.2, 0.25) is 0 Å². The first-order chi connectivity index (χ1) is 16.4. The van der Waals surface area contributed by atoms with Crippen LogP contribution in [-0.2, 0) is 0 Å². The minimum atomic E-state index is -0.318. The first-order valence-corrected chi connectivity index (χ1v) is 11.8. The van der Waals surface area contributed by atoms with Gasteiger partial charge in [0, 0.05) is 35.7 Å². The van der Waals surface area contributed by atoms with Crippen molar-refractivity contribution in [3.63, 3.8) is 0 Å². The van der Waals surface area contributed by atoms with Gasteiger partial charge in [0.05, 0.1) is 25.5 Å². The van der Waals surface area contributed by atoms with E-state index in [4.69, 9.17) is 19.9 Å². The Balaban J connectivity index is 1.71. The Labute approximate surface area is 200 Å². The number of hydrogen-bond acceptors (Lipinski definition) is 6. The van der Waals surface area contributed by atoms with Gasteiger partial charge in [-0.2, -0.15) is 0 Å². The number of benzene rings is 2. The molecule has 2 heterocycles. The molecule has 2 aromatic rings. The molecule has 8 nitrogen and oxygen atoms in total. The Hall–Kier alpha value is -3.39. The molecular formula is C26H33N5O3. The number of carbonyl (C=O) groups is 1. The molecule has 0 bridgehead atoms. The summed E-state index contributed by atoms with van der Waals surface area (Å²) in [6.45, 7) is 6.95. The average molecular weight is 464 g/mol. The highest BCUT2D eigenvalue weighted by atomic mass is 16.5. The first kappa shape index (κ1) is 23.8. The van der Waals surface area contributed by atoms with E-state index in [0.29, 0.717) is 30.4 Å². The standard InChI is InChI=1S/C26H33N5O3/c1-5-28-26(27)30-25(32)17-9-7-16(8-10-17)24-19-14-22(33-4)23(34-6-2)13-18(19)20-15-31(3)12-11-21(20)29-24/h7-10,13-14,20-21H,5-6,11-12,15H2,1-4H3,(H3,27,28,30,32)/t20-,21-/m1/s1. The van der Waals surface area contributed by atoms with Crippen LogP contribution in [0.4, 0.5) is 0 Å². The lowest BCUT2D eigenvalue weighted by molar-refractivity contribution is 0.0975. The number of likely N-dealkylation sites (N-methyl/N-ethyl adjacent to an activating group) is 1. The molecule has 180 valence electrons. The number of hydrogen-bond donors (Lipinski definition) is 3. The van der Waals surface area contributed by atoms with E-state index in [1.807, 2.05) is 32.0 Å². The number of amides is 1. The van der Waals surface area contributed by atoms with Crippen LogP contribution in [0.25, 0.3) is 0 Å². The maximum Gasteiger partial charge on any atom is 0.257 e. The molecule has 0 aromatic heterocycles. The van der Waals surface area contributed by atoms with Crippen LogP contribution in [0.15, 0.2) is 41.4 Å². The van der Waals surface area contributed by atoms with Crippen molar-refractivity contribution in [2.45, 2.75) is 32.2 Å². The quantitative estimate of drug-likeness (QED) is 0.452. The zero-order valence-electron chi connectivity index (χ0n) is 20.3. The van der Waals surface area contributed by atoms with Gasteiger partial charge < -0.3 is 19.7 Å².